The Morgan fingerprint density at radius 3 is 1.62 bits per heavy atom. The molecule has 3 aromatic rings. The number of nitrogens with zero attached hydrogens (tertiary/aromatic N) is 4. The van der Waals surface area contributed by atoms with Gasteiger partial charge in [0, 0.05) is 93.1 Å². The minimum absolute atomic E-state index is 0.132. The Kier molecular flexibility index (Phi) is 13.2. The van der Waals surface area contributed by atoms with Crippen LogP contribution in [-0.4, -0.2) is 53.5 Å². The molecule has 1 heterocycles. The van der Waals surface area contributed by atoms with E-state index in [1.807, 2.05) is 38.6 Å². The summed E-state index contributed by atoms with van der Waals surface area (Å²) in [7, 11) is 10.0. The predicted octanol–water partition coefficient (Wildman–Crippen LogP) is 6.02. The van der Waals surface area contributed by atoms with E-state index in [1.165, 1.54) is 33.7 Å². The maximum Gasteiger partial charge on any atom is 0.283 e. The van der Waals surface area contributed by atoms with Gasteiger partial charge in [0.2, 0.25) is 0 Å². The predicted molar refractivity (Wildman–Crippen MR) is 165 cm³/mol. The zero-order chi connectivity index (χ0) is 28.0. The van der Waals surface area contributed by atoms with Gasteiger partial charge in [-0.2, -0.15) is 0 Å². The third kappa shape index (κ3) is 9.89. The lowest BCUT2D eigenvalue weighted by molar-refractivity contribution is -0.387. The van der Waals surface area contributed by atoms with E-state index in [9.17, 15) is 20.2 Å². The van der Waals surface area contributed by atoms with Gasteiger partial charge in [0.25, 0.3) is 11.4 Å². The lowest BCUT2D eigenvalue weighted by atomic mass is 10.1. The van der Waals surface area contributed by atoms with Crippen molar-refractivity contribution in [2.24, 2.45) is 0 Å². The molecule has 39 heavy (non-hydrogen) atoms. The Balaban J connectivity index is 1.42. The highest BCUT2D eigenvalue weighted by molar-refractivity contribution is 8.77. The van der Waals surface area contributed by atoms with Crippen LogP contribution >= 0.6 is 43.2 Å². The van der Waals surface area contributed by atoms with Crippen molar-refractivity contribution in [2.75, 3.05) is 43.6 Å². The summed E-state index contributed by atoms with van der Waals surface area (Å²) in [5.41, 5.74) is 3.57. The van der Waals surface area contributed by atoms with Crippen LogP contribution in [0.3, 0.4) is 0 Å². The first-order chi connectivity index (χ1) is 18.9. The van der Waals surface area contributed by atoms with Crippen LogP contribution < -0.4 is 15.5 Å². The van der Waals surface area contributed by atoms with Crippen molar-refractivity contribution in [3.8, 4) is 0 Å². The molecular weight excluding hydrogens is 577 g/mol. The summed E-state index contributed by atoms with van der Waals surface area (Å²) in [5.74, 6) is 1.59. The van der Waals surface area contributed by atoms with Crippen molar-refractivity contribution in [1.29, 1.82) is 0 Å². The van der Waals surface area contributed by atoms with Gasteiger partial charge >= 0.3 is 0 Å². The minimum Gasteiger partial charge on any atom is -0.377 e. The molecular formula is C25H30N6O4S4. The van der Waals surface area contributed by atoms with Crippen LogP contribution in [0.2, 0.25) is 0 Å². The van der Waals surface area contributed by atoms with E-state index in [1.54, 1.807) is 45.9 Å². The zero-order valence-corrected chi connectivity index (χ0v) is 24.8. The molecule has 10 nitrogen and oxygen atoms in total. The Morgan fingerprint density at radius 2 is 1.21 bits per heavy atom. The SMILES string of the molecule is CN(C)c1c(CNCCSSc2ccccc2[N+](=O)[O-])cncc1CNCCSSc1ccccc1[N+](=O)[O-]. The number of benzene rings is 2. The number of hydrogen-bond donors (Lipinski definition) is 2. The number of nitrogens with one attached hydrogen (secondary N) is 2. The molecule has 0 saturated heterocycles. The molecule has 208 valence electrons. The largest absolute Gasteiger partial charge is 0.377 e. The third-order valence-corrected chi connectivity index (χ3v) is 10.1. The van der Waals surface area contributed by atoms with E-state index in [4.69, 9.17) is 0 Å². The van der Waals surface area contributed by atoms with Gasteiger partial charge in [0.1, 0.15) is 0 Å². The number of para-hydroxylation sites is 2. The molecule has 2 aromatic carbocycles. The molecule has 0 atom stereocenters. The Hall–Kier alpha value is -2.49. The van der Waals surface area contributed by atoms with Crippen LogP contribution in [0.4, 0.5) is 17.1 Å². The van der Waals surface area contributed by atoms with E-state index >= 15 is 0 Å². The van der Waals surface area contributed by atoms with Gasteiger partial charge in [-0.25, -0.2) is 0 Å². The standard InChI is InChI=1S/C25H30N6O4S4/c1-29(2)25-19(15-26-11-13-36-38-23-9-5-3-7-21(23)30(32)33)17-28-18-20(25)16-27-12-14-37-39-24-10-6-4-8-22(24)31(34)35/h3-10,17-18,26-27H,11-16H2,1-2H3. The summed E-state index contributed by atoms with van der Waals surface area (Å²) >= 11 is 0. The lowest BCUT2D eigenvalue weighted by Crippen LogP contribution is -2.23. The first-order valence-corrected chi connectivity index (χ1v) is 16.6. The molecule has 0 saturated carbocycles. The number of pyridine rings is 1. The molecule has 0 unspecified atom stereocenters. The highest BCUT2D eigenvalue weighted by Gasteiger charge is 2.15. The maximum atomic E-state index is 11.2. The third-order valence-electron chi connectivity index (χ3n) is 5.29. The second-order valence-electron chi connectivity index (χ2n) is 8.31. The lowest BCUT2D eigenvalue weighted by Gasteiger charge is -2.22. The van der Waals surface area contributed by atoms with Crippen LogP contribution in [0.25, 0.3) is 0 Å². The molecule has 0 aliphatic heterocycles. The van der Waals surface area contributed by atoms with Crippen LogP contribution in [0.1, 0.15) is 11.1 Å². The fourth-order valence-corrected chi connectivity index (χ4v) is 7.83. The zero-order valence-electron chi connectivity index (χ0n) is 21.6. The second kappa shape index (κ2) is 16.6. The highest BCUT2D eigenvalue weighted by Crippen LogP contribution is 2.37. The smallest absolute Gasteiger partial charge is 0.283 e. The molecule has 14 heteroatoms. The van der Waals surface area contributed by atoms with E-state index in [2.05, 4.69) is 20.5 Å². The molecule has 0 bridgehead atoms. The van der Waals surface area contributed by atoms with Crippen molar-refractivity contribution >= 4 is 60.2 Å². The summed E-state index contributed by atoms with van der Waals surface area (Å²) in [6, 6.07) is 13.5. The molecule has 0 spiro atoms. The van der Waals surface area contributed by atoms with E-state index in [0.717, 1.165) is 41.4 Å². The highest BCUT2D eigenvalue weighted by atomic mass is 33.1. The van der Waals surface area contributed by atoms with Gasteiger partial charge in [0.15, 0.2) is 0 Å². The Bertz CT molecular complexity index is 1160. The van der Waals surface area contributed by atoms with Crippen LogP contribution in [0.15, 0.2) is 70.7 Å². The molecule has 0 amide bonds. The molecule has 2 N–H and O–H groups in total. The first kappa shape index (κ1) is 31.0. The number of rotatable bonds is 17. The monoisotopic (exact) mass is 606 g/mol. The molecule has 3 rings (SSSR count). The summed E-state index contributed by atoms with van der Waals surface area (Å²) in [5, 5.41) is 29.2. The van der Waals surface area contributed by atoms with E-state index in [-0.39, 0.29) is 21.2 Å². The van der Waals surface area contributed by atoms with Gasteiger partial charge < -0.3 is 15.5 Å². The van der Waals surface area contributed by atoms with Crippen LogP contribution in [0.5, 0.6) is 0 Å². The van der Waals surface area contributed by atoms with Gasteiger partial charge in [-0.1, -0.05) is 67.4 Å². The fraction of sp³-hybridized carbons (Fsp3) is 0.320. The summed E-state index contributed by atoms with van der Waals surface area (Å²) < 4.78 is 0. The van der Waals surface area contributed by atoms with Gasteiger partial charge in [0.05, 0.1) is 19.6 Å². The van der Waals surface area contributed by atoms with E-state index < -0.39 is 0 Å². The summed E-state index contributed by atoms with van der Waals surface area (Å²) in [6.07, 6.45) is 3.75. The van der Waals surface area contributed by atoms with Crippen molar-refractivity contribution in [3.05, 3.63) is 92.3 Å². The van der Waals surface area contributed by atoms with Crippen LogP contribution in [0, 0.1) is 20.2 Å². The number of aromatic nitrogens is 1. The first-order valence-electron chi connectivity index (χ1n) is 12.0. The van der Waals surface area contributed by atoms with Crippen molar-refractivity contribution in [2.45, 2.75) is 22.9 Å². The van der Waals surface area contributed by atoms with Gasteiger partial charge in [-0.3, -0.25) is 25.2 Å². The average molecular weight is 607 g/mol. The summed E-state index contributed by atoms with van der Waals surface area (Å²) in [4.78, 5) is 29.5. The molecule has 1 aromatic heterocycles. The molecule has 0 aliphatic carbocycles. The maximum absolute atomic E-state index is 11.2. The fourth-order valence-electron chi connectivity index (χ4n) is 3.62. The number of nitro groups is 2. The quantitative estimate of drug-likeness (QED) is 0.0807. The Morgan fingerprint density at radius 1 is 0.769 bits per heavy atom. The van der Waals surface area contributed by atoms with E-state index in [0.29, 0.717) is 22.9 Å². The molecule has 0 aliphatic rings. The molecule has 0 fully saturated rings. The topological polar surface area (TPSA) is 126 Å². The van der Waals surface area contributed by atoms with Crippen molar-refractivity contribution < 1.29 is 9.85 Å². The summed E-state index contributed by atoms with van der Waals surface area (Å²) in [6.45, 7) is 2.82. The normalized spacial score (nSPS) is 10.9. The Labute approximate surface area is 243 Å². The second-order valence-corrected chi connectivity index (χ2v) is 13.2. The van der Waals surface area contributed by atoms with Crippen LogP contribution in [-0.2, 0) is 13.1 Å². The van der Waals surface area contributed by atoms with Gasteiger partial charge in [-0.05, 0) is 12.1 Å². The number of hydrogen-bond acceptors (Lipinski definition) is 12. The number of anilines is 1. The molecule has 0 radical (unpaired) electrons. The average Bonchev–Trinajstić information content (AvgIpc) is 2.92. The van der Waals surface area contributed by atoms with Crippen molar-refractivity contribution in [3.63, 3.8) is 0 Å². The minimum atomic E-state index is -0.352. The number of nitro benzene ring substituents is 2. The van der Waals surface area contributed by atoms with Crippen molar-refractivity contribution in [1.82, 2.24) is 15.6 Å². The van der Waals surface area contributed by atoms with Gasteiger partial charge in [-0.15, -0.1) is 0 Å².